The number of rotatable bonds is 6. The predicted octanol–water partition coefficient (Wildman–Crippen LogP) is 4.12. The van der Waals surface area contributed by atoms with Gasteiger partial charge in [-0.15, -0.1) is 0 Å². The Labute approximate surface area is 159 Å². The average Bonchev–Trinajstić information content (AvgIpc) is 3.40. The lowest BCUT2D eigenvalue weighted by Gasteiger charge is -2.26. The Morgan fingerprint density at radius 3 is 2.41 bits per heavy atom. The zero-order valence-corrected chi connectivity index (χ0v) is 15.8. The molecule has 0 bridgehead atoms. The Kier molecular flexibility index (Phi) is 5.03. The molecule has 2 N–H and O–H groups in total. The van der Waals surface area contributed by atoms with Crippen LogP contribution in [0.25, 0.3) is 11.1 Å². The van der Waals surface area contributed by atoms with E-state index < -0.39 is 0 Å². The maximum atomic E-state index is 4.07. The molecule has 2 unspecified atom stereocenters. The van der Waals surface area contributed by atoms with Gasteiger partial charge in [0, 0.05) is 36.3 Å². The van der Waals surface area contributed by atoms with E-state index in [9.17, 15) is 0 Å². The van der Waals surface area contributed by atoms with Crippen LogP contribution < -0.4 is 0 Å². The van der Waals surface area contributed by atoms with Crippen molar-refractivity contribution in [1.29, 1.82) is 0 Å². The maximum Gasteiger partial charge on any atom is 0.0565 e. The molecular weight excluding hydrogens is 334 g/mol. The zero-order valence-electron chi connectivity index (χ0n) is 15.8. The first-order valence-corrected chi connectivity index (χ1v) is 9.31. The molecule has 2 heterocycles. The van der Waals surface area contributed by atoms with Crippen molar-refractivity contribution in [3.05, 3.63) is 84.0 Å². The summed E-state index contributed by atoms with van der Waals surface area (Å²) in [6.07, 6.45) is 15.7. The summed E-state index contributed by atoms with van der Waals surface area (Å²) in [5, 5.41) is 13.9. The molecule has 0 spiro atoms. The fourth-order valence-electron chi connectivity index (χ4n) is 3.69. The topological polar surface area (TPSA) is 60.6 Å². The first-order chi connectivity index (χ1) is 13.2. The van der Waals surface area contributed by atoms with Gasteiger partial charge in [0.05, 0.1) is 12.4 Å². The lowest BCUT2D eigenvalue weighted by atomic mass is 9.83. The molecule has 2 atom stereocenters. The Morgan fingerprint density at radius 2 is 1.81 bits per heavy atom. The number of hydrogen-bond acceptors (Lipinski definition) is 3. The fraction of sp³-hybridized carbons (Fsp3) is 0.273. The summed E-state index contributed by atoms with van der Waals surface area (Å²) in [4.78, 5) is 2.26. The summed E-state index contributed by atoms with van der Waals surface area (Å²) in [7, 11) is 4.27. The summed E-state index contributed by atoms with van der Waals surface area (Å²) in [6.45, 7) is 0.984. The van der Waals surface area contributed by atoms with Gasteiger partial charge in [0.1, 0.15) is 0 Å². The van der Waals surface area contributed by atoms with Crippen LogP contribution in [0.3, 0.4) is 0 Å². The molecule has 2 aromatic heterocycles. The maximum absolute atomic E-state index is 4.07. The molecule has 0 radical (unpaired) electrons. The minimum absolute atomic E-state index is 0.361. The van der Waals surface area contributed by atoms with Crippen LogP contribution in [0.4, 0.5) is 0 Å². The van der Waals surface area contributed by atoms with Crippen LogP contribution in [0.1, 0.15) is 29.4 Å². The number of allylic oxidation sites excluding steroid dienone is 3. The van der Waals surface area contributed by atoms with E-state index in [1.807, 2.05) is 24.8 Å². The van der Waals surface area contributed by atoms with Gasteiger partial charge in [-0.05, 0) is 42.8 Å². The van der Waals surface area contributed by atoms with Gasteiger partial charge in [-0.3, -0.25) is 10.2 Å². The summed E-state index contributed by atoms with van der Waals surface area (Å²) in [5.41, 5.74) is 6.28. The summed E-state index contributed by atoms with van der Waals surface area (Å²) in [6, 6.07) is 8.86. The molecule has 0 saturated carbocycles. The number of aromatic amines is 2. The third-order valence-corrected chi connectivity index (χ3v) is 5.17. The van der Waals surface area contributed by atoms with Crippen LogP contribution in [-0.2, 0) is 0 Å². The Morgan fingerprint density at radius 1 is 1.04 bits per heavy atom. The van der Waals surface area contributed by atoms with Gasteiger partial charge in [0.15, 0.2) is 0 Å². The van der Waals surface area contributed by atoms with Crippen LogP contribution in [0, 0.1) is 0 Å². The average molecular weight is 359 g/mol. The predicted molar refractivity (Wildman–Crippen MR) is 108 cm³/mol. The van der Waals surface area contributed by atoms with E-state index in [0.717, 1.165) is 18.5 Å². The van der Waals surface area contributed by atoms with E-state index in [1.54, 1.807) is 0 Å². The van der Waals surface area contributed by atoms with Gasteiger partial charge in [-0.25, -0.2) is 0 Å². The minimum atomic E-state index is 0.361. The zero-order chi connectivity index (χ0) is 18.6. The quantitative estimate of drug-likeness (QED) is 0.696. The van der Waals surface area contributed by atoms with Crippen molar-refractivity contribution < 1.29 is 0 Å². The van der Waals surface area contributed by atoms with E-state index in [-0.39, 0.29) is 0 Å². The first kappa shape index (κ1) is 17.5. The van der Waals surface area contributed by atoms with E-state index in [0.29, 0.717) is 11.8 Å². The number of hydrogen-bond donors (Lipinski definition) is 2. The number of benzene rings is 1. The van der Waals surface area contributed by atoms with Crippen LogP contribution >= 0.6 is 0 Å². The van der Waals surface area contributed by atoms with E-state index in [4.69, 9.17) is 0 Å². The highest BCUT2D eigenvalue weighted by Crippen LogP contribution is 2.34. The van der Waals surface area contributed by atoms with Crippen LogP contribution in [-0.4, -0.2) is 45.9 Å². The highest BCUT2D eigenvalue weighted by Gasteiger charge is 2.20. The highest BCUT2D eigenvalue weighted by molar-refractivity contribution is 5.62. The molecule has 5 heteroatoms. The van der Waals surface area contributed by atoms with Gasteiger partial charge in [-0.2, -0.15) is 10.2 Å². The molecule has 1 aliphatic rings. The van der Waals surface area contributed by atoms with Crippen molar-refractivity contribution in [2.75, 3.05) is 20.6 Å². The molecule has 3 aromatic rings. The van der Waals surface area contributed by atoms with Crippen LogP contribution in [0.15, 0.2) is 72.9 Å². The molecule has 4 rings (SSSR count). The van der Waals surface area contributed by atoms with Gasteiger partial charge in [-0.1, -0.05) is 42.5 Å². The minimum Gasteiger partial charge on any atom is -0.308 e. The van der Waals surface area contributed by atoms with Crippen molar-refractivity contribution in [2.24, 2.45) is 0 Å². The molecule has 138 valence electrons. The van der Waals surface area contributed by atoms with Crippen molar-refractivity contribution in [1.82, 2.24) is 25.3 Å². The second kappa shape index (κ2) is 7.76. The summed E-state index contributed by atoms with van der Waals surface area (Å²) < 4.78 is 0. The molecule has 0 amide bonds. The molecule has 1 aliphatic carbocycles. The van der Waals surface area contributed by atoms with Crippen LogP contribution in [0.2, 0.25) is 0 Å². The number of H-pyrrole nitrogens is 2. The molecule has 5 nitrogen and oxygen atoms in total. The lowest BCUT2D eigenvalue weighted by molar-refractivity contribution is 0.391. The molecular formula is C22H25N5. The smallest absolute Gasteiger partial charge is 0.0565 e. The van der Waals surface area contributed by atoms with E-state index in [1.165, 1.54) is 22.3 Å². The van der Waals surface area contributed by atoms with Gasteiger partial charge >= 0.3 is 0 Å². The first-order valence-electron chi connectivity index (χ1n) is 9.31. The number of nitrogens with one attached hydrogen (secondary N) is 2. The van der Waals surface area contributed by atoms with Crippen molar-refractivity contribution in [3.63, 3.8) is 0 Å². The second-order valence-electron chi connectivity index (χ2n) is 7.36. The number of aromatic nitrogens is 4. The third kappa shape index (κ3) is 3.93. The molecule has 0 fully saturated rings. The van der Waals surface area contributed by atoms with E-state index in [2.05, 4.69) is 81.9 Å². The third-order valence-electron chi connectivity index (χ3n) is 5.17. The standard InChI is InChI=1S/C22H25N5/c1-27(2)15-22(18-7-3-16(4-8-18)20-11-23-24-12-20)19-9-5-17(6-10-19)21-13-25-26-14-21/h3-5,7-14,17,22H,6,15H2,1-2H3,(H,23,24)(H,25,26). The largest absolute Gasteiger partial charge is 0.308 e. The Bertz CT molecular complexity index is 902. The van der Waals surface area contributed by atoms with Gasteiger partial charge < -0.3 is 4.90 Å². The Balaban J connectivity index is 1.56. The van der Waals surface area contributed by atoms with Crippen molar-refractivity contribution in [3.8, 4) is 11.1 Å². The number of nitrogens with zero attached hydrogens (tertiary/aromatic N) is 3. The monoisotopic (exact) mass is 359 g/mol. The van der Waals surface area contributed by atoms with Crippen molar-refractivity contribution in [2.45, 2.75) is 18.3 Å². The summed E-state index contributed by atoms with van der Waals surface area (Å²) in [5.74, 6) is 0.774. The second-order valence-corrected chi connectivity index (χ2v) is 7.36. The molecule has 1 aromatic carbocycles. The van der Waals surface area contributed by atoms with E-state index >= 15 is 0 Å². The number of likely N-dealkylation sites (N-methyl/N-ethyl adjacent to an activating group) is 1. The summed E-state index contributed by atoms with van der Waals surface area (Å²) >= 11 is 0. The van der Waals surface area contributed by atoms with Gasteiger partial charge in [0.2, 0.25) is 0 Å². The lowest BCUT2D eigenvalue weighted by Crippen LogP contribution is -2.22. The van der Waals surface area contributed by atoms with Gasteiger partial charge in [0.25, 0.3) is 0 Å². The molecule has 0 aliphatic heterocycles. The molecule has 0 saturated heterocycles. The fourth-order valence-corrected chi connectivity index (χ4v) is 3.69. The van der Waals surface area contributed by atoms with Crippen molar-refractivity contribution >= 4 is 0 Å². The van der Waals surface area contributed by atoms with Crippen LogP contribution in [0.5, 0.6) is 0 Å². The molecule has 27 heavy (non-hydrogen) atoms. The highest BCUT2D eigenvalue weighted by atomic mass is 15.1. The Hall–Kier alpha value is -2.92. The SMILES string of the molecule is CN(C)CC(C1=CCC(c2cn[nH]c2)C=C1)c1ccc(-c2cn[nH]c2)cc1. The normalized spacial score (nSPS) is 17.9.